The summed E-state index contributed by atoms with van der Waals surface area (Å²) < 4.78 is 5.61. The summed E-state index contributed by atoms with van der Waals surface area (Å²) >= 11 is 0. The first-order valence-electron chi connectivity index (χ1n) is 7.92. The lowest BCUT2D eigenvalue weighted by atomic mass is 10.1. The second-order valence-electron chi connectivity index (χ2n) is 5.55. The summed E-state index contributed by atoms with van der Waals surface area (Å²) in [5, 5.41) is 5.65. The third kappa shape index (κ3) is 5.33. The maximum Gasteiger partial charge on any atom is 0.319 e. The average molecular weight is 312 g/mol. The number of benzene rings is 2. The molecule has 2 aromatic rings. The van der Waals surface area contributed by atoms with Crippen LogP contribution in [0.3, 0.4) is 0 Å². The third-order valence-corrected chi connectivity index (χ3v) is 3.63. The van der Waals surface area contributed by atoms with Gasteiger partial charge in [0.25, 0.3) is 0 Å². The molecule has 0 aliphatic heterocycles. The summed E-state index contributed by atoms with van der Waals surface area (Å²) in [4.78, 5) is 11.9. The van der Waals surface area contributed by atoms with E-state index < -0.39 is 0 Å². The van der Waals surface area contributed by atoms with Crippen molar-refractivity contribution < 1.29 is 9.53 Å². The van der Waals surface area contributed by atoms with Crippen LogP contribution >= 0.6 is 0 Å². The Morgan fingerprint density at radius 1 is 1.09 bits per heavy atom. The van der Waals surface area contributed by atoms with Crippen LogP contribution in [0, 0.1) is 13.8 Å². The molecule has 2 aromatic carbocycles. The van der Waals surface area contributed by atoms with E-state index in [1.54, 1.807) is 0 Å². The molecule has 0 bridgehead atoms. The molecule has 0 heterocycles. The quantitative estimate of drug-likeness (QED) is 0.790. The Morgan fingerprint density at radius 2 is 1.83 bits per heavy atom. The van der Waals surface area contributed by atoms with E-state index in [0.29, 0.717) is 13.2 Å². The molecule has 0 unspecified atom stereocenters. The Hall–Kier alpha value is -2.49. The minimum Gasteiger partial charge on any atom is -0.492 e. The first-order valence-corrected chi connectivity index (χ1v) is 7.92. The number of urea groups is 1. The van der Waals surface area contributed by atoms with Gasteiger partial charge in [0.15, 0.2) is 0 Å². The number of rotatable bonds is 6. The highest BCUT2D eigenvalue weighted by molar-refractivity contribution is 5.90. The SMILES string of the molecule is CCc1ccc(OCCNC(=O)Nc2cc(C)ccc2C)cc1. The number of aryl methyl sites for hydroxylation is 3. The maximum atomic E-state index is 11.9. The van der Waals surface area contributed by atoms with Crippen LogP contribution in [0.1, 0.15) is 23.6 Å². The van der Waals surface area contributed by atoms with Gasteiger partial charge < -0.3 is 15.4 Å². The molecule has 0 radical (unpaired) electrons. The number of anilines is 1. The second-order valence-corrected chi connectivity index (χ2v) is 5.55. The van der Waals surface area contributed by atoms with Crippen LogP contribution in [-0.2, 0) is 6.42 Å². The first kappa shape index (κ1) is 16.9. The van der Waals surface area contributed by atoms with Crippen molar-refractivity contribution in [3.05, 3.63) is 59.2 Å². The normalized spacial score (nSPS) is 10.2. The Morgan fingerprint density at radius 3 is 2.52 bits per heavy atom. The Labute approximate surface area is 137 Å². The van der Waals surface area contributed by atoms with E-state index in [4.69, 9.17) is 4.74 Å². The zero-order chi connectivity index (χ0) is 16.7. The Kier molecular flexibility index (Phi) is 6.03. The summed E-state index contributed by atoms with van der Waals surface area (Å²) in [7, 11) is 0. The summed E-state index contributed by atoms with van der Waals surface area (Å²) in [5.74, 6) is 0.818. The average Bonchev–Trinajstić information content (AvgIpc) is 2.55. The predicted octanol–water partition coefficient (Wildman–Crippen LogP) is 4.07. The van der Waals surface area contributed by atoms with Crippen molar-refractivity contribution in [2.24, 2.45) is 0 Å². The van der Waals surface area contributed by atoms with Gasteiger partial charge in [-0.1, -0.05) is 31.2 Å². The molecule has 0 fully saturated rings. The van der Waals surface area contributed by atoms with Crippen LogP contribution in [0.4, 0.5) is 10.5 Å². The van der Waals surface area contributed by atoms with Crippen LogP contribution < -0.4 is 15.4 Å². The van der Waals surface area contributed by atoms with E-state index in [1.165, 1.54) is 5.56 Å². The van der Waals surface area contributed by atoms with E-state index in [2.05, 4.69) is 29.7 Å². The summed E-state index contributed by atoms with van der Waals surface area (Å²) in [6, 6.07) is 13.8. The number of nitrogens with one attached hydrogen (secondary N) is 2. The van der Waals surface area contributed by atoms with Crippen LogP contribution in [0.2, 0.25) is 0 Å². The molecule has 2 rings (SSSR count). The van der Waals surface area contributed by atoms with E-state index in [9.17, 15) is 4.79 Å². The topological polar surface area (TPSA) is 50.4 Å². The lowest BCUT2D eigenvalue weighted by Crippen LogP contribution is -2.32. The minimum atomic E-state index is -0.219. The van der Waals surface area contributed by atoms with Gasteiger partial charge in [-0.2, -0.15) is 0 Å². The van der Waals surface area contributed by atoms with Gasteiger partial charge in [-0.3, -0.25) is 0 Å². The van der Waals surface area contributed by atoms with E-state index in [1.807, 2.05) is 44.2 Å². The van der Waals surface area contributed by atoms with E-state index >= 15 is 0 Å². The third-order valence-electron chi connectivity index (χ3n) is 3.63. The van der Waals surface area contributed by atoms with Gasteiger partial charge in [-0.25, -0.2) is 4.79 Å². The van der Waals surface area contributed by atoms with Crippen LogP contribution in [-0.4, -0.2) is 19.2 Å². The van der Waals surface area contributed by atoms with Crippen molar-refractivity contribution in [1.29, 1.82) is 0 Å². The molecule has 2 N–H and O–H groups in total. The summed E-state index contributed by atoms with van der Waals surface area (Å²) in [6.45, 7) is 6.98. The zero-order valence-electron chi connectivity index (χ0n) is 14.0. The zero-order valence-corrected chi connectivity index (χ0v) is 14.0. The molecule has 4 nitrogen and oxygen atoms in total. The van der Waals surface area contributed by atoms with Crippen LogP contribution in [0.15, 0.2) is 42.5 Å². The fourth-order valence-electron chi connectivity index (χ4n) is 2.19. The van der Waals surface area contributed by atoms with Gasteiger partial charge in [-0.05, 0) is 55.2 Å². The number of amides is 2. The smallest absolute Gasteiger partial charge is 0.319 e. The monoisotopic (exact) mass is 312 g/mol. The van der Waals surface area contributed by atoms with Crippen LogP contribution in [0.25, 0.3) is 0 Å². The predicted molar refractivity (Wildman–Crippen MR) is 94.3 cm³/mol. The molecule has 122 valence electrons. The van der Waals surface area contributed by atoms with Crippen molar-refractivity contribution in [1.82, 2.24) is 5.32 Å². The molecule has 2 amide bonds. The number of hydrogen-bond acceptors (Lipinski definition) is 2. The van der Waals surface area contributed by atoms with Gasteiger partial charge >= 0.3 is 6.03 Å². The molecule has 0 atom stereocenters. The second kappa shape index (κ2) is 8.22. The van der Waals surface area contributed by atoms with E-state index in [0.717, 1.165) is 29.0 Å². The first-order chi connectivity index (χ1) is 11.1. The molecule has 0 saturated heterocycles. The maximum absolute atomic E-state index is 11.9. The van der Waals surface area contributed by atoms with Crippen molar-refractivity contribution >= 4 is 11.7 Å². The molecule has 23 heavy (non-hydrogen) atoms. The molecular weight excluding hydrogens is 288 g/mol. The Bertz CT molecular complexity index is 651. The van der Waals surface area contributed by atoms with Crippen molar-refractivity contribution in [2.45, 2.75) is 27.2 Å². The number of ether oxygens (including phenoxy) is 1. The van der Waals surface area contributed by atoms with E-state index in [-0.39, 0.29) is 6.03 Å². The fraction of sp³-hybridized carbons (Fsp3) is 0.316. The van der Waals surface area contributed by atoms with Gasteiger partial charge in [0.2, 0.25) is 0 Å². The lowest BCUT2D eigenvalue weighted by molar-refractivity contribution is 0.247. The fourth-order valence-corrected chi connectivity index (χ4v) is 2.19. The summed E-state index contributed by atoms with van der Waals surface area (Å²) in [6.07, 6.45) is 1.01. The molecule has 0 aromatic heterocycles. The van der Waals surface area contributed by atoms with Crippen molar-refractivity contribution in [3.8, 4) is 5.75 Å². The van der Waals surface area contributed by atoms with Gasteiger partial charge in [0, 0.05) is 5.69 Å². The highest BCUT2D eigenvalue weighted by Gasteiger charge is 2.04. The minimum absolute atomic E-state index is 0.219. The van der Waals surface area contributed by atoms with Gasteiger partial charge in [-0.15, -0.1) is 0 Å². The van der Waals surface area contributed by atoms with Crippen molar-refractivity contribution in [3.63, 3.8) is 0 Å². The van der Waals surface area contributed by atoms with Gasteiger partial charge in [0.1, 0.15) is 12.4 Å². The largest absolute Gasteiger partial charge is 0.492 e. The number of carbonyl (C=O) groups is 1. The molecule has 0 saturated carbocycles. The molecule has 0 spiro atoms. The molecule has 0 aliphatic rings. The Balaban J connectivity index is 1.73. The van der Waals surface area contributed by atoms with Crippen molar-refractivity contribution in [2.75, 3.05) is 18.5 Å². The standard InChI is InChI=1S/C19H24N2O2/c1-4-16-7-9-17(10-8-16)23-12-11-20-19(22)21-18-13-14(2)5-6-15(18)3/h5-10,13H,4,11-12H2,1-3H3,(H2,20,21,22). The number of hydrogen-bond donors (Lipinski definition) is 2. The number of carbonyl (C=O) groups excluding carboxylic acids is 1. The molecular formula is C19H24N2O2. The van der Waals surface area contributed by atoms with Gasteiger partial charge in [0.05, 0.1) is 6.54 Å². The highest BCUT2D eigenvalue weighted by atomic mass is 16.5. The lowest BCUT2D eigenvalue weighted by Gasteiger charge is -2.11. The highest BCUT2D eigenvalue weighted by Crippen LogP contribution is 2.16. The van der Waals surface area contributed by atoms with Crippen LogP contribution in [0.5, 0.6) is 5.75 Å². The molecule has 4 heteroatoms. The summed E-state index contributed by atoms with van der Waals surface area (Å²) in [5.41, 5.74) is 4.27. The molecule has 0 aliphatic carbocycles.